The first-order valence-electron chi connectivity index (χ1n) is 7.47. The standard InChI is InChI=1S/C16H18N2O4/c19-14(11-9-12(11)16(21)22)17-13-7-4-8-18(15(13)20)10-5-2-1-3-6-10/h1-3,5-6,11-13H,4,7-9H2,(H,17,19)(H,21,22)/t11-,12-,13-/m1/s1. The van der Waals surface area contributed by atoms with Gasteiger partial charge in [0, 0.05) is 12.2 Å². The topological polar surface area (TPSA) is 86.7 Å². The molecule has 0 bridgehead atoms. The largest absolute Gasteiger partial charge is 0.481 e. The van der Waals surface area contributed by atoms with Crippen LogP contribution in [-0.4, -0.2) is 35.5 Å². The molecular formula is C16H18N2O4. The minimum absolute atomic E-state index is 0.127. The summed E-state index contributed by atoms with van der Waals surface area (Å²) in [5, 5.41) is 11.6. The molecule has 2 amide bonds. The van der Waals surface area contributed by atoms with E-state index in [2.05, 4.69) is 5.32 Å². The summed E-state index contributed by atoms with van der Waals surface area (Å²) in [6.07, 6.45) is 1.77. The van der Waals surface area contributed by atoms with Gasteiger partial charge in [-0.1, -0.05) is 18.2 Å². The van der Waals surface area contributed by atoms with Crippen molar-refractivity contribution in [2.75, 3.05) is 11.4 Å². The molecule has 0 unspecified atom stereocenters. The molecule has 1 aromatic rings. The Morgan fingerprint density at radius 3 is 2.55 bits per heavy atom. The van der Waals surface area contributed by atoms with Crippen LogP contribution < -0.4 is 10.2 Å². The molecule has 1 saturated heterocycles. The van der Waals surface area contributed by atoms with E-state index in [9.17, 15) is 14.4 Å². The van der Waals surface area contributed by atoms with Crippen LogP contribution in [0.1, 0.15) is 19.3 Å². The molecule has 2 N–H and O–H groups in total. The molecule has 0 aromatic heterocycles. The fourth-order valence-corrected chi connectivity index (χ4v) is 2.91. The van der Waals surface area contributed by atoms with Crippen molar-refractivity contribution in [1.82, 2.24) is 5.32 Å². The summed E-state index contributed by atoms with van der Waals surface area (Å²) in [7, 11) is 0. The fourth-order valence-electron chi connectivity index (χ4n) is 2.91. The number of hydrogen-bond acceptors (Lipinski definition) is 3. The number of carbonyl (C=O) groups is 3. The summed E-state index contributed by atoms with van der Waals surface area (Å²) in [5.41, 5.74) is 0.821. The lowest BCUT2D eigenvalue weighted by Crippen LogP contribution is -2.52. The molecule has 2 fully saturated rings. The van der Waals surface area contributed by atoms with Gasteiger partial charge in [-0.2, -0.15) is 0 Å². The van der Waals surface area contributed by atoms with Crippen LogP contribution >= 0.6 is 0 Å². The van der Waals surface area contributed by atoms with Gasteiger partial charge in [-0.25, -0.2) is 0 Å². The van der Waals surface area contributed by atoms with Crippen molar-refractivity contribution in [2.24, 2.45) is 11.8 Å². The van der Waals surface area contributed by atoms with E-state index < -0.39 is 23.8 Å². The Hall–Kier alpha value is -2.37. The van der Waals surface area contributed by atoms with Crippen molar-refractivity contribution in [2.45, 2.75) is 25.3 Å². The maximum absolute atomic E-state index is 12.5. The van der Waals surface area contributed by atoms with E-state index in [1.807, 2.05) is 30.3 Å². The molecule has 1 aliphatic heterocycles. The highest BCUT2D eigenvalue weighted by Gasteiger charge is 2.49. The number of rotatable bonds is 4. The zero-order valence-electron chi connectivity index (χ0n) is 12.1. The van der Waals surface area contributed by atoms with Crippen molar-refractivity contribution < 1.29 is 19.5 Å². The molecule has 116 valence electrons. The van der Waals surface area contributed by atoms with Crippen LogP contribution in [0, 0.1) is 11.8 Å². The molecule has 3 rings (SSSR count). The number of aliphatic carboxylic acids is 1. The normalized spacial score (nSPS) is 27.4. The van der Waals surface area contributed by atoms with Gasteiger partial charge in [-0.05, 0) is 31.4 Å². The van der Waals surface area contributed by atoms with E-state index in [0.29, 0.717) is 19.4 Å². The Morgan fingerprint density at radius 2 is 1.91 bits per heavy atom. The van der Waals surface area contributed by atoms with E-state index >= 15 is 0 Å². The van der Waals surface area contributed by atoms with Gasteiger partial charge in [0.2, 0.25) is 11.8 Å². The van der Waals surface area contributed by atoms with Crippen LogP contribution in [0.5, 0.6) is 0 Å². The second-order valence-electron chi connectivity index (χ2n) is 5.82. The van der Waals surface area contributed by atoms with Gasteiger partial charge in [0.15, 0.2) is 0 Å². The Labute approximate surface area is 128 Å². The van der Waals surface area contributed by atoms with Crippen LogP contribution in [0.2, 0.25) is 0 Å². The van der Waals surface area contributed by atoms with Crippen molar-refractivity contribution in [3.8, 4) is 0 Å². The number of benzene rings is 1. The quantitative estimate of drug-likeness (QED) is 0.869. The number of nitrogens with one attached hydrogen (secondary N) is 1. The third kappa shape index (κ3) is 2.81. The molecule has 0 spiro atoms. The fraction of sp³-hybridized carbons (Fsp3) is 0.438. The van der Waals surface area contributed by atoms with Crippen molar-refractivity contribution in [3.63, 3.8) is 0 Å². The number of hydrogen-bond donors (Lipinski definition) is 2. The van der Waals surface area contributed by atoms with Gasteiger partial charge in [-0.15, -0.1) is 0 Å². The number of carboxylic acid groups (broad SMARTS) is 1. The number of anilines is 1. The molecule has 6 heteroatoms. The van der Waals surface area contributed by atoms with Crippen LogP contribution in [-0.2, 0) is 14.4 Å². The molecule has 2 aliphatic rings. The van der Waals surface area contributed by atoms with Gasteiger partial charge in [0.1, 0.15) is 6.04 Å². The number of para-hydroxylation sites is 1. The van der Waals surface area contributed by atoms with E-state index in [0.717, 1.165) is 12.1 Å². The summed E-state index contributed by atoms with van der Waals surface area (Å²) in [5.74, 6) is -2.47. The zero-order chi connectivity index (χ0) is 15.7. The van der Waals surface area contributed by atoms with Gasteiger partial charge < -0.3 is 15.3 Å². The highest BCUT2D eigenvalue weighted by Crippen LogP contribution is 2.39. The second-order valence-corrected chi connectivity index (χ2v) is 5.82. The Kier molecular flexibility index (Phi) is 3.83. The first-order valence-corrected chi connectivity index (χ1v) is 7.47. The van der Waals surface area contributed by atoms with Gasteiger partial charge in [-0.3, -0.25) is 14.4 Å². The second kappa shape index (κ2) is 5.79. The summed E-state index contributed by atoms with van der Waals surface area (Å²) in [6.45, 7) is 0.635. The molecule has 1 aromatic carbocycles. The molecule has 3 atom stereocenters. The first kappa shape index (κ1) is 14.6. The molecule has 0 radical (unpaired) electrons. The minimum atomic E-state index is -0.943. The monoisotopic (exact) mass is 302 g/mol. The molecule has 22 heavy (non-hydrogen) atoms. The Balaban J connectivity index is 1.64. The smallest absolute Gasteiger partial charge is 0.307 e. The Bertz CT molecular complexity index is 601. The van der Waals surface area contributed by atoms with E-state index in [-0.39, 0.29) is 11.8 Å². The summed E-state index contributed by atoms with van der Waals surface area (Å²) < 4.78 is 0. The van der Waals surface area contributed by atoms with Crippen LogP contribution in [0.4, 0.5) is 5.69 Å². The minimum Gasteiger partial charge on any atom is -0.481 e. The highest BCUT2D eigenvalue weighted by molar-refractivity contribution is 6.00. The van der Waals surface area contributed by atoms with Crippen LogP contribution in [0.15, 0.2) is 30.3 Å². The first-order chi connectivity index (χ1) is 10.6. The molecular weight excluding hydrogens is 284 g/mol. The average Bonchev–Trinajstić information content (AvgIpc) is 3.31. The lowest BCUT2D eigenvalue weighted by atomic mass is 10.0. The molecule has 1 aliphatic carbocycles. The summed E-state index contributed by atoms with van der Waals surface area (Å²) >= 11 is 0. The highest BCUT2D eigenvalue weighted by atomic mass is 16.4. The van der Waals surface area contributed by atoms with Crippen molar-refractivity contribution in [1.29, 1.82) is 0 Å². The summed E-state index contributed by atoms with van der Waals surface area (Å²) in [4.78, 5) is 37.0. The maximum atomic E-state index is 12.5. The van der Waals surface area contributed by atoms with Gasteiger partial charge in [0.05, 0.1) is 11.8 Å². The third-order valence-electron chi connectivity index (χ3n) is 4.27. The van der Waals surface area contributed by atoms with E-state index in [4.69, 9.17) is 5.11 Å². The van der Waals surface area contributed by atoms with Gasteiger partial charge >= 0.3 is 5.97 Å². The zero-order valence-corrected chi connectivity index (χ0v) is 12.1. The lowest BCUT2D eigenvalue weighted by Gasteiger charge is -2.32. The SMILES string of the molecule is O=C(O)[C@@H]1C[C@H]1C(=O)N[C@@H]1CCCN(c2ccccc2)C1=O. The van der Waals surface area contributed by atoms with Crippen molar-refractivity contribution in [3.05, 3.63) is 30.3 Å². The molecule has 1 heterocycles. The molecule has 1 saturated carbocycles. The number of nitrogens with zero attached hydrogens (tertiary/aromatic N) is 1. The number of carbonyl (C=O) groups excluding carboxylic acids is 2. The predicted octanol–water partition coefficient (Wildman–Crippen LogP) is 1.02. The number of amides is 2. The molecule has 6 nitrogen and oxygen atoms in total. The lowest BCUT2D eigenvalue weighted by molar-refractivity contribution is -0.140. The third-order valence-corrected chi connectivity index (χ3v) is 4.27. The number of piperidine rings is 1. The van der Waals surface area contributed by atoms with Gasteiger partial charge in [0.25, 0.3) is 0 Å². The number of carboxylic acids is 1. The van der Waals surface area contributed by atoms with E-state index in [1.165, 1.54) is 0 Å². The maximum Gasteiger partial charge on any atom is 0.307 e. The van der Waals surface area contributed by atoms with Crippen LogP contribution in [0.25, 0.3) is 0 Å². The van der Waals surface area contributed by atoms with Crippen LogP contribution in [0.3, 0.4) is 0 Å². The summed E-state index contributed by atoms with van der Waals surface area (Å²) in [6, 6.07) is 8.79. The Morgan fingerprint density at radius 1 is 1.18 bits per heavy atom. The predicted molar refractivity (Wildman–Crippen MR) is 79.2 cm³/mol. The van der Waals surface area contributed by atoms with E-state index in [1.54, 1.807) is 4.90 Å². The average molecular weight is 302 g/mol. The van der Waals surface area contributed by atoms with Crippen molar-refractivity contribution >= 4 is 23.5 Å².